The van der Waals surface area contributed by atoms with Crippen molar-refractivity contribution in [1.29, 1.82) is 0 Å². The zero-order valence-corrected chi connectivity index (χ0v) is 10.5. The molecule has 0 radical (unpaired) electrons. The van der Waals surface area contributed by atoms with Crippen LogP contribution in [0.1, 0.15) is 58.3 Å². The smallest absolute Gasteiger partial charge is 0.189 e. The first-order chi connectivity index (χ1) is 7.77. The van der Waals surface area contributed by atoms with E-state index in [2.05, 4.69) is 6.92 Å². The molecule has 1 rings (SSSR count). The fourth-order valence-corrected chi connectivity index (χ4v) is 2.07. The van der Waals surface area contributed by atoms with Crippen LogP contribution in [0.5, 0.6) is 0 Å². The summed E-state index contributed by atoms with van der Waals surface area (Å²) in [6.07, 6.45) is 9.52. The summed E-state index contributed by atoms with van der Waals surface area (Å²) >= 11 is 0. The summed E-state index contributed by atoms with van der Waals surface area (Å²) in [7, 11) is 0. The van der Waals surface area contributed by atoms with Gasteiger partial charge in [-0.05, 0) is 6.42 Å². The molecule has 1 atom stereocenters. The minimum atomic E-state index is -0.998. The summed E-state index contributed by atoms with van der Waals surface area (Å²) in [6.45, 7) is 3.70. The lowest BCUT2D eigenvalue weighted by Crippen LogP contribution is -2.42. The Bertz CT molecular complexity index is 165. The maximum atomic E-state index is 9.96. The summed E-state index contributed by atoms with van der Waals surface area (Å²) in [4.78, 5) is 0. The van der Waals surface area contributed by atoms with E-state index in [0.717, 1.165) is 6.42 Å². The number of hydrogen-bond acceptors (Lipinski definition) is 3. The van der Waals surface area contributed by atoms with Gasteiger partial charge in [0.05, 0.1) is 13.2 Å². The van der Waals surface area contributed by atoms with Crippen LogP contribution in [0.15, 0.2) is 0 Å². The lowest BCUT2D eigenvalue weighted by molar-refractivity contribution is -0.272. The van der Waals surface area contributed by atoms with Gasteiger partial charge in [-0.1, -0.05) is 45.4 Å². The zero-order chi connectivity index (χ0) is 11.7. The molecular formula is C13H26O3. The van der Waals surface area contributed by atoms with Crippen molar-refractivity contribution in [2.24, 2.45) is 0 Å². The van der Waals surface area contributed by atoms with Crippen molar-refractivity contribution in [2.75, 3.05) is 19.8 Å². The molecule has 0 amide bonds. The van der Waals surface area contributed by atoms with Gasteiger partial charge in [-0.15, -0.1) is 0 Å². The number of rotatable bonds is 8. The fourth-order valence-electron chi connectivity index (χ4n) is 2.07. The van der Waals surface area contributed by atoms with E-state index in [1.807, 2.05) is 0 Å². The Morgan fingerprint density at radius 2 is 1.69 bits per heavy atom. The summed E-state index contributed by atoms with van der Waals surface area (Å²) in [5.41, 5.74) is 0. The van der Waals surface area contributed by atoms with Crippen LogP contribution in [0.4, 0.5) is 0 Å². The number of hydrogen-bond donors (Lipinski definition) is 1. The SMILES string of the molecule is CCCCCCCCCC1(O)COCCO1. The quantitative estimate of drug-likeness (QED) is 0.652. The van der Waals surface area contributed by atoms with E-state index in [4.69, 9.17) is 9.47 Å². The average molecular weight is 230 g/mol. The molecule has 0 aromatic rings. The minimum Gasteiger partial charge on any atom is -0.373 e. The minimum absolute atomic E-state index is 0.336. The second-order valence-electron chi connectivity index (χ2n) is 4.72. The molecule has 1 unspecified atom stereocenters. The highest BCUT2D eigenvalue weighted by atomic mass is 16.7. The molecule has 0 spiro atoms. The van der Waals surface area contributed by atoms with Gasteiger partial charge in [0, 0.05) is 6.42 Å². The number of unbranched alkanes of at least 4 members (excludes halogenated alkanes) is 6. The van der Waals surface area contributed by atoms with Crippen LogP contribution in [0.3, 0.4) is 0 Å². The Hall–Kier alpha value is -0.120. The van der Waals surface area contributed by atoms with E-state index >= 15 is 0 Å². The van der Waals surface area contributed by atoms with Gasteiger partial charge in [-0.25, -0.2) is 0 Å². The molecule has 0 bridgehead atoms. The first-order valence-electron chi connectivity index (χ1n) is 6.71. The molecule has 1 heterocycles. The molecule has 1 saturated heterocycles. The predicted molar refractivity (Wildman–Crippen MR) is 64.3 cm³/mol. The van der Waals surface area contributed by atoms with E-state index in [9.17, 15) is 5.11 Å². The van der Waals surface area contributed by atoms with Gasteiger partial charge in [0.1, 0.15) is 6.61 Å². The summed E-state index contributed by atoms with van der Waals surface area (Å²) in [6, 6.07) is 0. The third-order valence-electron chi connectivity index (χ3n) is 3.10. The summed E-state index contributed by atoms with van der Waals surface area (Å²) in [5, 5.41) is 9.96. The van der Waals surface area contributed by atoms with Crippen molar-refractivity contribution in [3.63, 3.8) is 0 Å². The van der Waals surface area contributed by atoms with Crippen LogP contribution < -0.4 is 0 Å². The van der Waals surface area contributed by atoms with Crippen LogP contribution >= 0.6 is 0 Å². The van der Waals surface area contributed by atoms with Gasteiger partial charge in [-0.2, -0.15) is 0 Å². The molecule has 96 valence electrons. The zero-order valence-electron chi connectivity index (χ0n) is 10.5. The van der Waals surface area contributed by atoms with Crippen molar-refractivity contribution in [3.8, 4) is 0 Å². The van der Waals surface area contributed by atoms with E-state index in [1.165, 1.54) is 38.5 Å². The molecule has 3 nitrogen and oxygen atoms in total. The molecule has 0 aromatic carbocycles. The third-order valence-corrected chi connectivity index (χ3v) is 3.10. The van der Waals surface area contributed by atoms with Crippen molar-refractivity contribution in [1.82, 2.24) is 0 Å². The highest BCUT2D eigenvalue weighted by molar-refractivity contribution is 4.69. The largest absolute Gasteiger partial charge is 0.373 e. The van der Waals surface area contributed by atoms with Crippen LogP contribution in [0.2, 0.25) is 0 Å². The van der Waals surface area contributed by atoms with Crippen molar-refractivity contribution in [2.45, 2.75) is 64.1 Å². The second kappa shape index (κ2) is 8.04. The van der Waals surface area contributed by atoms with Crippen molar-refractivity contribution < 1.29 is 14.6 Å². The van der Waals surface area contributed by atoms with Gasteiger partial charge in [0.15, 0.2) is 5.79 Å². The van der Waals surface area contributed by atoms with Crippen molar-refractivity contribution >= 4 is 0 Å². The van der Waals surface area contributed by atoms with Crippen LogP contribution in [-0.4, -0.2) is 30.7 Å². The highest BCUT2D eigenvalue weighted by Gasteiger charge is 2.30. The average Bonchev–Trinajstić information content (AvgIpc) is 2.29. The molecule has 1 aliphatic heterocycles. The maximum Gasteiger partial charge on any atom is 0.189 e. The summed E-state index contributed by atoms with van der Waals surface area (Å²) in [5.74, 6) is -0.998. The van der Waals surface area contributed by atoms with E-state index in [1.54, 1.807) is 0 Å². The lowest BCUT2D eigenvalue weighted by Gasteiger charge is -2.32. The topological polar surface area (TPSA) is 38.7 Å². The maximum absolute atomic E-state index is 9.96. The molecule has 1 N–H and O–H groups in total. The molecule has 0 saturated carbocycles. The molecule has 16 heavy (non-hydrogen) atoms. The van der Waals surface area contributed by atoms with E-state index in [0.29, 0.717) is 26.2 Å². The normalized spacial score (nSPS) is 25.9. The summed E-state index contributed by atoms with van der Waals surface area (Å²) < 4.78 is 10.6. The second-order valence-corrected chi connectivity index (χ2v) is 4.72. The van der Waals surface area contributed by atoms with Gasteiger partial charge in [0.25, 0.3) is 0 Å². The van der Waals surface area contributed by atoms with E-state index in [-0.39, 0.29) is 0 Å². The Kier molecular flexibility index (Phi) is 7.01. The van der Waals surface area contributed by atoms with Crippen LogP contribution in [0.25, 0.3) is 0 Å². The van der Waals surface area contributed by atoms with Crippen LogP contribution in [-0.2, 0) is 9.47 Å². The molecule has 1 aliphatic rings. The Morgan fingerprint density at radius 1 is 1.00 bits per heavy atom. The van der Waals surface area contributed by atoms with Gasteiger partial charge >= 0.3 is 0 Å². The first-order valence-corrected chi connectivity index (χ1v) is 6.71. The number of ether oxygens (including phenoxy) is 2. The van der Waals surface area contributed by atoms with E-state index < -0.39 is 5.79 Å². The first kappa shape index (κ1) is 13.9. The third kappa shape index (κ3) is 5.83. The monoisotopic (exact) mass is 230 g/mol. The fraction of sp³-hybridized carbons (Fsp3) is 1.00. The Balaban J connectivity index is 1.93. The number of aliphatic hydroxyl groups is 1. The highest BCUT2D eigenvalue weighted by Crippen LogP contribution is 2.20. The Morgan fingerprint density at radius 3 is 2.31 bits per heavy atom. The van der Waals surface area contributed by atoms with Gasteiger partial charge < -0.3 is 14.6 Å². The van der Waals surface area contributed by atoms with Gasteiger partial charge in [-0.3, -0.25) is 0 Å². The predicted octanol–water partition coefficient (Wildman–Crippen LogP) is 2.86. The standard InChI is InChI=1S/C13H26O3/c1-2-3-4-5-6-7-8-9-13(14)12-15-10-11-16-13/h14H,2-12H2,1H3. The van der Waals surface area contributed by atoms with Crippen LogP contribution in [0, 0.1) is 0 Å². The van der Waals surface area contributed by atoms with Gasteiger partial charge in [0.2, 0.25) is 0 Å². The van der Waals surface area contributed by atoms with Crippen molar-refractivity contribution in [3.05, 3.63) is 0 Å². The Labute approximate surface area is 99.1 Å². The molecule has 1 fully saturated rings. The molecule has 3 heteroatoms. The lowest BCUT2D eigenvalue weighted by atomic mass is 10.0. The molecule has 0 aliphatic carbocycles. The molecular weight excluding hydrogens is 204 g/mol. The molecule has 0 aromatic heterocycles.